The Morgan fingerprint density at radius 3 is 2.74 bits per heavy atom. The van der Waals surface area contributed by atoms with Gasteiger partial charge in [-0.15, -0.1) is 5.10 Å². The van der Waals surface area contributed by atoms with Crippen LogP contribution in [0.5, 0.6) is 5.75 Å². The predicted molar refractivity (Wildman–Crippen MR) is 161 cm³/mol. The average molecular weight is 602 g/mol. The summed E-state index contributed by atoms with van der Waals surface area (Å²) in [6.45, 7) is 7.95. The number of ether oxygens (including phenoxy) is 3. The van der Waals surface area contributed by atoms with Gasteiger partial charge >= 0.3 is 6.09 Å². The summed E-state index contributed by atoms with van der Waals surface area (Å²) in [5, 5.41) is 8.78. The van der Waals surface area contributed by atoms with E-state index in [2.05, 4.69) is 34.8 Å². The van der Waals surface area contributed by atoms with E-state index in [1.165, 1.54) is 17.3 Å². The van der Waals surface area contributed by atoms with Crippen LogP contribution in [-0.2, 0) is 16.2 Å². The number of fused-ring (bicyclic) bond motifs is 1. The fraction of sp³-hybridized carbons (Fsp3) is 0.300. The van der Waals surface area contributed by atoms with Gasteiger partial charge in [-0.3, -0.25) is 4.90 Å². The molecule has 1 unspecified atom stereocenters. The molecule has 0 radical (unpaired) electrons. The number of methoxy groups -OCH3 is 1. The fourth-order valence-electron chi connectivity index (χ4n) is 4.92. The lowest BCUT2D eigenvalue weighted by atomic mass is 10.1. The first kappa shape index (κ1) is 28.5. The SMILES string of the molecule is COc1ccccc1C1COC(=O)N1c1ccn2ncc(-c3ccc(-c4ncn(COCC[Si](C)(C)C)n4)c(F)c3)c2n1. The van der Waals surface area contributed by atoms with Gasteiger partial charge in [0.05, 0.1) is 18.9 Å². The molecule has 1 aliphatic heterocycles. The summed E-state index contributed by atoms with van der Waals surface area (Å²) < 4.78 is 35.2. The molecule has 1 aliphatic rings. The van der Waals surface area contributed by atoms with Gasteiger partial charge in [-0.25, -0.2) is 28.4 Å². The maximum absolute atomic E-state index is 15.4. The molecule has 1 fully saturated rings. The van der Waals surface area contributed by atoms with Crippen LogP contribution in [-0.4, -0.2) is 63.9 Å². The van der Waals surface area contributed by atoms with Gasteiger partial charge in [0.2, 0.25) is 0 Å². The molecular weight excluding hydrogens is 569 g/mol. The molecule has 43 heavy (non-hydrogen) atoms. The molecule has 0 aliphatic carbocycles. The van der Waals surface area contributed by atoms with Crippen molar-refractivity contribution in [2.45, 2.75) is 38.5 Å². The lowest BCUT2D eigenvalue weighted by Crippen LogP contribution is -2.28. The Morgan fingerprint density at radius 2 is 1.95 bits per heavy atom. The minimum atomic E-state index is -1.19. The van der Waals surface area contributed by atoms with Crippen molar-refractivity contribution in [1.82, 2.24) is 29.4 Å². The Kier molecular flexibility index (Phi) is 7.67. The van der Waals surface area contributed by atoms with Crippen LogP contribution in [0.2, 0.25) is 25.7 Å². The summed E-state index contributed by atoms with van der Waals surface area (Å²) in [6.07, 6.45) is 4.35. The quantitative estimate of drug-likeness (QED) is 0.146. The zero-order valence-corrected chi connectivity index (χ0v) is 25.4. The van der Waals surface area contributed by atoms with E-state index >= 15 is 4.39 Å². The van der Waals surface area contributed by atoms with Gasteiger partial charge in [-0.2, -0.15) is 5.10 Å². The standard InChI is InChI=1S/C30H32FN7O4Si/c1-40-26-8-6-5-7-22(26)25-17-42-30(39)38(25)27-11-12-37-29(34-27)23(16-33-37)20-9-10-21(24(31)15-20)28-32-18-36(35-28)19-41-13-14-43(2,3)4/h5-12,15-16,18,25H,13-14,17,19H2,1-4H3. The van der Waals surface area contributed by atoms with Crippen LogP contribution >= 0.6 is 0 Å². The lowest BCUT2D eigenvalue weighted by molar-refractivity contribution is 0.0784. The first-order chi connectivity index (χ1) is 20.7. The first-order valence-corrected chi connectivity index (χ1v) is 17.6. The minimum Gasteiger partial charge on any atom is -0.496 e. The third-order valence-electron chi connectivity index (χ3n) is 7.25. The molecule has 11 nitrogen and oxygen atoms in total. The highest BCUT2D eigenvalue weighted by Gasteiger charge is 2.38. The first-order valence-electron chi connectivity index (χ1n) is 13.9. The molecule has 13 heteroatoms. The second-order valence-corrected chi connectivity index (χ2v) is 17.1. The maximum Gasteiger partial charge on any atom is 0.416 e. The number of cyclic esters (lactones) is 1. The van der Waals surface area contributed by atoms with E-state index in [-0.39, 0.29) is 24.7 Å². The Morgan fingerprint density at radius 1 is 1.12 bits per heavy atom. The minimum absolute atomic E-state index is 0.152. The van der Waals surface area contributed by atoms with Crippen LogP contribution < -0.4 is 9.64 Å². The van der Waals surface area contributed by atoms with Gasteiger partial charge in [0, 0.05) is 32.0 Å². The van der Waals surface area contributed by atoms with Gasteiger partial charge in [-0.05, 0) is 35.9 Å². The number of anilines is 1. The van der Waals surface area contributed by atoms with Gasteiger partial charge in [-0.1, -0.05) is 43.9 Å². The number of amides is 1. The van der Waals surface area contributed by atoms with Crippen molar-refractivity contribution >= 4 is 25.6 Å². The van der Waals surface area contributed by atoms with Crippen LogP contribution in [0.3, 0.4) is 0 Å². The third kappa shape index (κ3) is 5.86. The van der Waals surface area contributed by atoms with E-state index in [1.54, 1.807) is 46.9 Å². The largest absolute Gasteiger partial charge is 0.496 e. The molecule has 1 amide bonds. The molecule has 1 saturated heterocycles. The molecule has 3 aromatic heterocycles. The molecule has 1 atom stereocenters. The van der Waals surface area contributed by atoms with Crippen molar-refractivity contribution in [3.05, 3.63) is 78.6 Å². The molecule has 0 N–H and O–H groups in total. The average Bonchev–Trinajstić information content (AvgIpc) is 3.73. The Labute approximate surface area is 248 Å². The number of carbonyl (C=O) groups excluding carboxylic acids is 1. The van der Waals surface area contributed by atoms with Gasteiger partial charge in [0.25, 0.3) is 0 Å². The predicted octanol–water partition coefficient (Wildman–Crippen LogP) is 5.81. The van der Waals surface area contributed by atoms with Gasteiger partial charge in [0.1, 0.15) is 43.1 Å². The second kappa shape index (κ2) is 11.6. The van der Waals surface area contributed by atoms with E-state index in [0.717, 1.165) is 11.6 Å². The lowest BCUT2D eigenvalue weighted by Gasteiger charge is -2.22. The van der Waals surface area contributed by atoms with Crippen LogP contribution in [0.1, 0.15) is 11.6 Å². The van der Waals surface area contributed by atoms with Crippen molar-refractivity contribution < 1.29 is 23.4 Å². The summed E-state index contributed by atoms with van der Waals surface area (Å²) in [7, 11) is 0.396. The number of hydrogen-bond acceptors (Lipinski definition) is 8. The van der Waals surface area contributed by atoms with Crippen molar-refractivity contribution in [2.24, 2.45) is 0 Å². The Hall–Kier alpha value is -4.62. The van der Waals surface area contributed by atoms with Crippen LogP contribution in [0.15, 0.2) is 67.3 Å². The van der Waals surface area contributed by atoms with E-state index in [9.17, 15) is 4.79 Å². The molecular formula is C30H32FN7O4Si. The summed E-state index contributed by atoms with van der Waals surface area (Å²) in [6, 6.07) is 14.6. The summed E-state index contributed by atoms with van der Waals surface area (Å²) in [4.78, 5) is 23.4. The van der Waals surface area contributed by atoms with Crippen LogP contribution in [0, 0.1) is 5.82 Å². The number of para-hydroxylation sites is 1. The van der Waals surface area contributed by atoms with Crippen molar-refractivity contribution in [3.8, 4) is 28.3 Å². The number of benzene rings is 2. The zero-order chi connectivity index (χ0) is 30.1. The highest BCUT2D eigenvalue weighted by molar-refractivity contribution is 6.76. The molecule has 0 spiro atoms. The van der Waals surface area contributed by atoms with Crippen LogP contribution in [0.25, 0.3) is 28.2 Å². The summed E-state index contributed by atoms with van der Waals surface area (Å²) >= 11 is 0. The Bertz CT molecular complexity index is 1780. The molecule has 2 aromatic carbocycles. The van der Waals surface area contributed by atoms with Crippen molar-refractivity contribution in [3.63, 3.8) is 0 Å². The highest BCUT2D eigenvalue weighted by Crippen LogP contribution is 2.37. The fourth-order valence-corrected chi connectivity index (χ4v) is 5.68. The number of halogens is 1. The molecule has 5 aromatic rings. The molecule has 4 heterocycles. The van der Waals surface area contributed by atoms with Gasteiger partial charge in [0.15, 0.2) is 11.5 Å². The smallest absolute Gasteiger partial charge is 0.416 e. The van der Waals surface area contributed by atoms with Crippen LogP contribution in [0.4, 0.5) is 15.0 Å². The monoisotopic (exact) mass is 601 g/mol. The third-order valence-corrected chi connectivity index (χ3v) is 8.95. The Balaban J connectivity index is 1.25. The second-order valence-electron chi connectivity index (χ2n) is 11.5. The maximum atomic E-state index is 15.4. The van der Waals surface area contributed by atoms with Crippen molar-refractivity contribution in [1.29, 1.82) is 0 Å². The normalized spacial score (nSPS) is 15.3. The van der Waals surface area contributed by atoms with Crippen molar-refractivity contribution in [2.75, 3.05) is 25.2 Å². The van der Waals surface area contributed by atoms with E-state index < -0.39 is 26.0 Å². The van der Waals surface area contributed by atoms with E-state index in [0.29, 0.717) is 34.9 Å². The molecule has 0 bridgehead atoms. The number of rotatable bonds is 10. The van der Waals surface area contributed by atoms with E-state index in [1.807, 2.05) is 24.3 Å². The highest BCUT2D eigenvalue weighted by atomic mass is 28.3. The molecule has 6 rings (SSSR count). The number of nitrogens with zero attached hydrogens (tertiary/aromatic N) is 7. The topological polar surface area (TPSA) is 109 Å². The van der Waals surface area contributed by atoms with Gasteiger partial charge < -0.3 is 14.2 Å². The molecule has 0 saturated carbocycles. The zero-order valence-electron chi connectivity index (χ0n) is 24.4. The number of hydrogen-bond donors (Lipinski definition) is 0. The summed E-state index contributed by atoms with van der Waals surface area (Å²) in [5.41, 5.74) is 2.71. The number of carbonyl (C=O) groups is 1. The number of aromatic nitrogens is 6. The van der Waals surface area contributed by atoms with E-state index in [4.69, 9.17) is 19.2 Å². The summed E-state index contributed by atoms with van der Waals surface area (Å²) in [5.74, 6) is 0.815. The molecule has 222 valence electrons.